The van der Waals surface area contributed by atoms with Gasteiger partial charge in [0.25, 0.3) is 0 Å². The molecule has 3 aliphatic rings. The minimum atomic E-state index is -4.30. The number of alkyl halides is 3. The predicted molar refractivity (Wildman–Crippen MR) is 175 cm³/mol. The van der Waals surface area contributed by atoms with Gasteiger partial charge in [0.15, 0.2) is 0 Å². The highest BCUT2D eigenvalue weighted by Gasteiger charge is 2.36. The third-order valence-corrected chi connectivity index (χ3v) is 9.66. The van der Waals surface area contributed by atoms with Crippen molar-refractivity contribution in [2.75, 3.05) is 55.7 Å². The largest absolute Gasteiger partial charge is 0.462 e. The lowest BCUT2D eigenvalue weighted by atomic mass is 9.91. The number of carbonyl (C=O) groups excluding carboxylic acids is 1. The zero-order valence-corrected chi connectivity index (χ0v) is 26.8. The Morgan fingerprint density at radius 2 is 1.94 bits per heavy atom. The zero-order chi connectivity index (χ0) is 33.1. The summed E-state index contributed by atoms with van der Waals surface area (Å²) in [5, 5.41) is 12.2. The van der Waals surface area contributed by atoms with Gasteiger partial charge < -0.3 is 19.4 Å². The fourth-order valence-electron chi connectivity index (χ4n) is 6.82. The van der Waals surface area contributed by atoms with Crippen LogP contribution in [0, 0.1) is 11.3 Å². The first-order valence-corrected chi connectivity index (χ1v) is 16.3. The Morgan fingerprint density at radius 3 is 2.64 bits per heavy atom. The van der Waals surface area contributed by atoms with Crippen LogP contribution in [0.25, 0.3) is 10.8 Å². The van der Waals surface area contributed by atoms with Gasteiger partial charge in [0.2, 0.25) is 5.91 Å². The summed E-state index contributed by atoms with van der Waals surface area (Å²) in [6, 6.07) is 13.7. The fraction of sp³-hybridized carbons (Fsp3) is 0.471. The minimum Gasteiger partial charge on any atom is -0.462 e. The lowest BCUT2D eigenvalue weighted by Crippen LogP contribution is -2.55. The van der Waals surface area contributed by atoms with Gasteiger partial charge in [-0.05, 0) is 42.9 Å². The molecule has 1 aromatic heterocycles. The second kappa shape index (κ2) is 14.0. The van der Waals surface area contributed by atoms with Gasteiger partial charge in [-0.3, -0.25) is 9.69 Å². The molecule has 2 fully saturated rings. The predicted octanol–water partition coefficient (Wildman–Crippen LogP) is 5.76. The van der Waals surface area contributed by atoms with E-state index in [-0.39, 0.29) is 43.6 Å². The third kappa shape index (κ3) is 7.26. The normalized spacial score (nSPS) is 18.6. The number of fused-ring (bicyclic) bond motifs is 2. The SMILES string of the molecule is C=CC(=O)N1CCN(c2nc(OCCN(CC(F)(F)F)C3CCC3)nc3c2CCN(c2cccc4cccc(Cl)c24)C3)CC1CC#N. The van der Waals surface area contributed by atoms with Gasteiger partial charge in [-0.25, -0.2) is 0 Å². The number of anilines is 2. The number of aromatic nitrogens is 2. The van der Waals surface area contributed by atoms with Crippen LogP contribution in [0.15, 0.2) is 49.1 Å². The van der Waals surface area contributed by atoms with Crippen molar-refractivity contribution in [2.24, 2.45) is 0 Å². The topological polar surface area (TPSA) is 88.8 Å². The Hall–Kier alpha value is -4.08. The second-order valence-electron chi connectivity index (χ2n) is 12.3. The van der Waals surface area contributed by atoms with Crippen molar-refractivity contribution in [2.45, 2.75) is 56.9 Å². The number of benzene rings is 2. The highest BCUT2D eigenvalue weighted by atomic mass is 35.5. The molecule has 9 nitrogen and oxygen atoms in total. The molecule has 6 rings (SSSR count). The smallest absolute Gasteiger partial charge is 0.401 e. The summed E-state index contributed by atoms with van der Waals surface area (Å²) in [5.74, 6) is 0.443. The zero-order valence-electron chi connectivity index (χ0n) is 26.1. The molecule has 1 atom stereocenters. The molecule has 0 radical (unpaired) electrons. The Morgan fingerprint density at radius 1 is 1.15 bits per heavy atom. The summed E-state index contributed by atoms with van der Waals surface area (Å²) >= 11 is 6.67. The van der Waals surface area contributed by atoms with Crippen LogP contribution in [-0.2, 0) is 17.8 Å². The van der Waals surface area contributed by atoms with Crippen molar-refractivity contribution in [3.8, 4) is 12.1 Å². The number of ether oxygens (including phenoxy) is 1. The Balaban J connectivity index is 1.30. The molecule has 1 amide bonds. The van der Waals surface area contributed by atoms with Gasteiger partial charge in [0.05, 0.1) is 42.3 Å². The number of carbonyl (C=O) groups is 1. The molecule has 2 aromatic carbocycles. The van der Waals surface area contributed by atoms with Crippen LogP contribution in [0.5, 0.6) is 6.01 Å². The molecule has 1 saturated heterocycles. The van der Waals surface area contributed by atoms with Crippen molar-refractivity contribution in [3.05, 3.63) is 65.3 Å². The molecule has 0 spiro atoms. The molecule has 3 aromatic rings. The number of amides is 1. The van der Waals surface area contributed by atoms with Crippen LogP contribution >= 0.6 is 11.6 Å². The molecule has 0 bridgehead atoms. The Kier molecular flexibility index (Phi) is 9.75. The summed E-state index contributed by atoms with van der Waals surface area (Å²) in [7, 11) is 0. The van der Waals surface area contributed by atoms with Crippen LogP contribution in [0.2, 0.25) is 5.02 Å². The molecular formula is C34H37ClF3N7O2. The fourth-order valence-corrected chi connectivity index (χ4v) is 7.10. The van der Waals surface area contributed by atoms with Crippen LogP contribution < -0.4 is 14.5 Å². The lowest BCUT2D eigenvalue weighted by Gasteiger charge is -2.42. The summed E-state index contributed by atoms with van der Waals surface area (Å²) < 4.78 is 46.0. The average Bonchev–Trinajstić information content (AvgIpc) is 3.02. The van der Waals surface area contributed by atoms with E-state index < -0.39 is 12.7 Å². The molecule has 1 unspecified atom stereocenters. The molecule has 3 heterocycles. The van der Waals surface area contributed by atoms with E-state index in [1.54, 1.807) is 4.90 Å². The molecule has 47 heavy (non-hydrogen) atoms. The summed E-state index contributed by atoms with van der Waals surface area (Å²) in [6.45, 7) is 5.13. The van der Waals surface area contributed by atoms with Crippen molar-refractivity contribution in [1.29, 1.82) is 5.26 Å². The van der Waals surface area contributed by atoms with E-state index in [2.05, 4.69) is 22.4 Å². The van der Waals surface area contributed by atoms with Gasteiger partial charge in [0, 0.05) is 55.4 Å². The number of nitriles is 1. The van der Waals surface area contributed by atoms with Crippen LogP contribution in [-0.4, -0.2) is 89.8 Å². The lowest BCUT2D eigenvalue weighted by molar-refractivity contribution is -0.155. The van der Waals surface area contributed by atoms with E-state index in [9.17, 15) is 23.2 Å². The molecular weight excluding hydrogens is 631 g/mol. The number of hydrogen-bond donors (Lipinski definition) is 0. The summed E-state index contributed by atoms with van der Waals surface area (Å²) in [5.41, 5.74) is 2.69. The highest BCUT2D eigenvalue weighted by molar-refractivity contribution is 6.36. The van der Waals surface area contributed by atoms with Gasteiger partial charge in [-0.2, -0.15) is 28.4 Å². The van der Waals surface area contributed by atoms with E-state index in [1.165, 1.54) is 11.0 Å². The quantitative estimate of drug-likeness (QED) is 0.252. The first-order chi connectivity index (χ1) is 22.6. The number of hydrogen-bond acceptors (Lipinski definition) is 8. The Labute approximate surface area is 277 Å². The van der Waals surface area contributed by atoms with Gasteiger partial charge in [0.1, 0.15) is 12.4 Å². The maximum atomic E-state index is 13.3. The third-order valence-electron chi connectivity index (χ3n) is 9.35. The van der Waals surface area contributed by atoms with Crippen molar-refractivity contribution < 1.29 is 22.7 Å². The standard InChI is InChI=1S/C34H37ClF3N7O2/c1-2-30(46)45-17-16-43(20-25(45)12-14-39)32-26-13-15-42(29-11-4-7-23-6-3-10-27(35)31(23)29)21-28(26)40-33(41-32)47-19-18-44(22-34(36,37)38)24-8-5-9-24/h2-4,6-7,10-11,24-25H,1,5,8-9,12-13,15-22H2. The molecule has 13 heteroatoms. The van der Waals surface area contributed by atoms with Gasteiger partial charge >= 0.3 is 12.2 Å². The van der Waals surface area contributed by atoms with E-state index in [4.69, 9.17) is 26.3 Å². The molecule has 0 N–H and O–H groups in total. The highest BCUT2D eigenvalue weighted by Crippen LogP contribution is 2.37. The monoisotopic (exact) mass is 667 g/mol. The molecule has 1 saturated carbocycles. The number of nitrogens with zero attached hydrogens (tertiary/aromatic N) is 7. The number of rotatable bonds is 10. The van der Waals surface area contributed by atoms with E-state index in [1.807, 2.05) is 36.4 Å². The van der Waals surface area contributed by atoms with Gasteiger partial charge in [-0.1, -0.05) is 48.9 Å². The Bertz CT molecular complexity index is 1670. The second-order valence-corrected chi connectivity index (χ2v) is 12.7. The minimum absolute atomic E-state index is 0.00607. The van der Waals surface area contributed by atoms with Gasteiger partial charge in [-0.15, -0.1) is 0 Å². The maximum absolute atomic E-state index is 13.3. The summed E-state index contributed by atoms with van der Waals surface area (Å²) in [6.07, 6.45) is 0.155. The van der Waals surface area contributed by atoms with Crippen molar-refractivity contribution >= 4 is 39.8 Å². The van der Waals surface area contributed by atoms with Crippen LogP contribution in [0.1, 0.15) is 36.9 Å². The number of halogens is 4. The average molecular weight is 668 g/mol. The van der Waals surface area contributed by atoms with E-state index >= 15 is 0 Å². The number of piperazine rings is 1. The van der Waals surface area contributed by atoms with E-state index in [0.717, 1.165) is 47.0 Å². The van der Waals surface area contributed by atoms with Crippen molar-refractivity contribution in [1.82, 2.24) is 19.8 Å². The molecule has 2 aliphatic heterocycles. The first-order valence-electron chi connectivity index (χ1n) is 16.0. The summed E-state index contributed by atoms with van der Waals surface area (Å²) in [4.78, 5) is 29.6. The van der Waals surface area contributed by atoms with Crippen LogP contribution in [0.3, 0.4) is 0 Å². The molecule has 248 valence electrons. The first kappa shape index (κ1) is 32.8. The molecule has 1 aliphatic carbocycles. The van der Waals surface area contributed by atoms with Crippen molar-refractivity contribution in [3.63, 3.8) is 0 Å². The van der Waals surface area contributed by atoms with Crippen LogP contribution in [0.4, 0.5) is 24.7 Å². The maximum Gasteiger partial charge on any atom is 0.401 e. The van der Waals surface area contributed by atoms with E-state index in [0.29, 0.717) is 50.0 Å².